The van der Waals surface area contributed by atoms with Gasteiger partial charge < -0.3 is 9.63 Å². The van der Waals surface area contributed by atoms with E-state index in [9.17, 15) is 9.36 Å². The first-order valence-electron chi connectivity index (χ1n) is 3.38. The third-order valence-corrected chi connectivity index (χ3v) is 1.84. The minimum absolute atomic E-state index is 0. The average molecular weight is 289 g/mol. The number of phosphoric ester groups is 1. The Kier molecular flexibility index (Phi) is 9.32. The third kappa shape index (κ3) is 10.2. The van der Waals surface area contributed by atoms with Gasteiger partial charge in [-0.2, -0.15) is 0 Å². The molecule has 8 heteroatoms. The molecule has 6 nitrogen and oxygen atoms in total. The van der Waals surface area contributed by atoms with E-state index >= 15 is 0 Å². The largest absolute Gasteiger partial charge is 0.531 e. The standard InChI is InChI=1S/C5H11O6P.Zr/c1-2-3-4-10-12(8,9)11-5(6)7;/h2-4H2,1H3,(H,6,7)(H,8,9);. The normalized spacial score (nSPS) is 14.0. The second kappa shape index (κ2) is 7.68. The summed E-state index contributed by atoms with van der Waals surface area (Å²) in [4.78, 5) is 18.5. The average Bonchev–Trinajstić information content (AvgIpc) is 1.84. The Labute approximate surface area is 95.0 Å². The van der Waals surface area contributed by atoms with E-state index in [1.54, 1.807) is 0 Å². The molecule has 0 aromatic heterocycles. The first-order chi connectivity index (χ1) is 5.48. The molecule has 0 heterocycles. The molecule has 0 spiro atoms. The van der Waals surface area contributed by atoms with Gasteiger partial charge in [0.2, 0.25) is 0 Å². The summed E-state index contributed by atoms with van der Waals surface area (Å²) in [5, 5.41) is 7.97. The van der Waals surface area contributed by atoms with E-state index in [0.717, 1.165) is 6.42 Å². The summed E-state index contributed by atoms with van der Waals surface area (Å²) in [5.41, 5.74) is 0. The van der Waals surface area contributed by atoms with Gasteiger partial charge in [-0.05, 0) is 6.42 Å². The Hall–Kier alpha value is 0.303. The van der Waals surface area contributed by atoms with Crippen molar-refractivity contribution in [2.24, 2.45) is 0 Å². The van der Waals surface area contributed by atoms with E-state index < -0.39 is 14.0 Å². The zero-order valence-electron chi connectivity index (χ0n) is 7.10. The second-order valence-electron chi connectivity index (χ2n) is 2.01. The van der Waals surface area contributed by atoms with Crippen LogP contribution in [0, 0.1) is 0 Å². The molecule has 0 bridgehead atoms. The SMILES string of the molecule is CCCCOP(=O)(O)OC(=O)O.[Zr]. The predicted molar refractivity (Wildman–Crippen MR) is 39.8 cm³/mol. The van der Waals surface area contributed by atoms with E-state index in [1.165, 1.54) is 0 Å². The number of carboxylic acid groups (broad SMARTS) is 1. The molecule has 0 aliphatic rings. The van der Waals surface area contributed by atoms with Crippen LogP contribution in [0.4, 0.5) is 4.79 Å². The molecule has 0 radical (unpaired) electrons. The molecule has 1 atom stereocenters. The van der Waals surface area contributed by atoms with Crippen molar-refractivity contribution in [1.82, 2.24) is 0 Å². The topological polar surface area (TPSA) is 93.1 Å². The van der Waals surface area contributed by atoms with Gasteiger partial charge in [0.1, 0.15) is 0 Å². The number of carbonyl (C=O) groups is 1. The van der Waals surface area contributed by atoms with Gasteiger partial charge >= 0.3 is 14.0 Å². The van der Waals surface area contributed by atoms with Gasteiger partial charge in [-0.1, -0.05) is 13.3 Å². The van der Waals surface area contributed by atoms with Crippen LogP contribution in [0.2, 0.25) is 0 Å². The van der Waals surface area contributed by atoms with Crippen molar-refractivity contribution in [2.45, 2.75) is 19.8 Å². The number of rotatable bonds is 5. The van der Waals surface area contributed by atoms with Crippen LogP contribution in [0.1, 0.15) is 19.8 Å². The van der Waals surface area contributed by atoms with Crippen molar-refractivity contribution >= 4 is 14.0 Å². The van der Waals surface area contributed by atoms with Crippen molar-refractivity contribution < 1.29 is 54.6 Å². The molecular formula is C5H11O6PZr. The number of hydrogen-bond donors (Lipinski definition) is 2. The second-order valence-corrected chi connectivity index (χ2v) is 3.39. The monoisotopic (exact) mass is 288 g/mol. The summed E-state index contributed by atoms with van der Waals surface area (Å²) >= 11 is 0. The molecule has 13 heavy (non-hydrogen) atoms. The van der Waals surface area contributed by atoms with Gasteiger partial charge in [0.05, 0.1) is 6.61 Å². The summed E-state index contributed by atoms with van der Waals surface area (Å²) in [5.74, 6) is 0. The molecule has 1 unspecified atom stereocenters. The summed E-state index contributed by atoms with van der Waals surface area (Å²) in [7, 11) is -4.38. The molecule has 0 aromatic carbocycles. The molecule has 0 aliphatic carbocycles. The van der Waals surface area contributed by atoms with Gasteiger partial charge in [0.25, 0.3) is 0 Å². The van der Waals surface area contributed by atoms with E-state index in [4.69, 9.17) is 10.00 Å². The van der Waals surface area contributed by atoms with Crippen molar-refractivity contribution in [3.8, 4) is 0 Å². The number of unbranched alkanes of at least 4 members (excludes halogenated alkanes) is 1. The fraction of sp³-hybridized carbons (Fsp3) is 0.800. The Morgan fingerprint density at radius 2 is 2.08 bits per heavy atom. The van der Waals surface area contributed by atoms with Crippen LogP contribution in [0.3, 0.4) is 0 Å². The van der Waals surface area contributed by atoms with E-state index in [-0.39, 0.29) is 32.8 Å². The molecule has 76 valence electrons. The summed E-state index contributed by atoms with van der Waals surface area (Å²) in [6.07, 6.45) is -0.460. The molecule has 0 aromatic rings. The Morgan fingerprint density at radius 1 is 1.54 bits per heavy atom. The first-order valence-corrected chi connectivity index (χ1v) is 4.87. The minimum Gasteiger partial charge on any atom is -0.449 e. The van der Waals surface area contributed by atoms with Gasteiger partial charge in [0.15, 0.2) is 0 Å². The number of hydrogen-bond acceptors (Lipinski definition) is 4. The molecule has 2 N–H and O–H groups in total. The van der Waals surface area contributed by atoms with Crippen LogP contribution in [0.15, 0.2) is 0 Å². The predicted octanol–water partition coefficient (Wildman–Crippen LogP) is 1.60. The maximum atomic E-state index is 10.6. The fourth-order valence-corrected chi connectivity index (χ4v) is 1.06. The number of phosphoric acid groups is 1. The Bertz CT molecular complexity index is 195. The molecular weight excluding hydrogens is 278 g/mol. The zero-order chi connectivity index (χ0) is 9.61. The summed E-state index contributed by atoms with van der Waals surface area (Å²) in [6, 6.07) is 0. The smallest absolute Gasteiger partial charge is 0.449 e. The minimum atomic E-state index is -4.38. The van der Waals surface area contributed by atoms with Gasteiger partial charge in [0, 0.05) is 26.2 Å². The van der Waals surface area contributed by atoms with Crippen molar-refractivity contribution in [3.63, 3.8) is 0 Å². The van der Waals surface area contributed by atoms with Crippen LogP contribution in [0.25, 0.3) is 0 Å². The van der Waals surface area contributed by atoms with Gasteiger partial charge in [-0.15, -0.1) is 0 Å². The Morgan fingerprint density at radius 3 is 2.46 bits per heavy atom. The van der Waals surface area contributed by atoms with Crippen molar-refractivity contribution in [3.05, 3.63) is 0 Å². The molecule has 0 saturated carbocycles. The molecule has 0 saturated heterocycles. The van der Waals surface area contributed by atoms with E-state index in [1.807, 2.05) is 6.92 Å². The third-order valence-electron chi connectivity index (χ3n) is 0.946. The molecule has 0 aliphatic heterocycles. The Balaban J connectivity index is 0. The van der Waals surface area contributed by atoms with Crippen LogP contribution < -0.4 is 0 Å². The van der Waals surface area contributed by atoms with E-state index in [2.05, 4.69) is 9.05 Å². The molecule has 0 amide bonds. The van der Waals surface area contributed by atoms with Crippen LogP contribution in [0.5, 0.6) is 0 Å². The maximum Gasteiger partial charge on any atom is 0.531 e. The van der Waals surface area contributed by atoms with Gasteiger partial charge in [-0.25, -0.2) is 9.36 Å². The quantitative estimate of drug-likeness (QED) is 0.590. The van der Waals surface area contributed by atoms with Gasteiger partial charge in [-0.3, -0.25) is 9.42 Å². The maximum absolute atomic E-state index is 10.6. The van der Waals surface area contributed by atoms with E-state index in [0.29, 0.717) is 6.42 Å². The summed E-state index contributed by atoms with van der Waals surface area (Å²) < 4.78 is 18.5. The zero-order valence-corrected chi connectivity index (χ0v) is 10.4. The van der Waals surface area contributed by atoms with Crippen molar-refractivity contribution in [2.75, 3.05) is 6.61 Å². The molecule has 0 rings (SSSR count). The van der Waals surface area contributed by atoms with Crippen LogP contribution in [-0.4, -0.2) is 22.8 Å². The van der Waals surface area contributed by atoms with Crippen LogP contribution in [-0.2, 0) is 39.8 Å². The first kappa shape index (κ1) is 15.8. The summed E-state index contributed by atoms with van der Waals surface area (Å²) in [6.45, 7) is 1.88. The fourth-order valence-electron chi connectivity index (χ4n) is 0.449. The van der Waals surface area contributed by atoms with Crippen molar-refractivity contribution in [1.29, 1.82) is 0 Å². The molecule has 0 fully saturated rings. The van der Waals surface area contributed by atoms with Crippen LogP contribution >= 0.6 is 7.82 Å².